The molecule has 0 aliphatic heterocycles. The smallest absolute Gasteiger partial charge is 0.271 e. The molecule has 0 unspecified atom stereocenters. The number of amides is 1. The predicted octanol–water partition coefficient (Wildman–Crippen LogP) is 3.84. The maximum absolute atomic E-state index is 12.6. The highest BCUT2D eigenvalue weighted by atomic mass is 16.5. The number of ether oxygens (including phenoxy) is 3. The molecule has 0 fully saturated rings. The van der Waals surface area contributed by atoms with Gasteiger partial charge in [-0.15, -0.1) is 0 Å². The zero-order valence-corrected chi connectivity index (χ0v) is 17.4. The van der Waals surface area contributed by atoms with E-state index in [1.165, 1.54) is 24.1 Å². The largest absolute Gasteiger partial charge is 0.493 e. The van der Waals surface area contributed by atoms with Crippen LogP contribution >= 0.6 is 0 Å². The number of methoxy groups -OCH3 is 3. The third kappa shape index (κ3) is 3.70. The van der Waals surface area contributed by atoms with Crippen LogP contribution in [0.15, 0.2) is 35.4 Å². The molecule has 30 heavy (non-hydrogen) atoms. The van der Waals surface area contributed by atoms with Crippen molar-refractivity contribution in [2.45, 2.75) is 25.7 Å². The number of nitrogens with one attached hydrogen (secondary N) is 2. The van der Waals surface area contributed by atoms with Gasteiger partial charge in [-0.05, 0) is 61.6 Å². The maximum atomic E-state index is 12.6. The summed E-state index contributed by atoms with van der Waals surface area (Å²) in [5.41, 5.74) is 7.61. The van der Waals surface area contributed by atoms with E-state index in [0.29, 0.717) is 28.4 Å². The Morgan fingerprint density at radius 3 is 2.47 bits per heavy atom. The lowest BCUT2D eigenvalue weighted by molar-refractivity contribution is 0.0955. The molecule has 0 saturated heterocycles. The number of aromatic amines is 1. The summed E-state index contributed by atoms with van der Waals surface area (Å²) in [6, 6.07) is 9.24. The topological polar surface area (TPSA) is 84.9 Å². The summed E-state index contributed by atoms with van der Waals surface area (Å²) in [6.45, 7) is 0. The molecule has 0 spiro atoms. The zero-order chi connectivity index (χ0) is 21.1. The molecule has 2 aromatic carbocycles. The van der Waals surface area contributed by atoms with Crippen molar-refractivity contribution in [3.05, 3.63) is 52.7 Å². The first-order valence-electron chi connectivity index (χ1n) is 9.91. The Kier molecular flexibility index (Phi) is 5.61. The van der Waals surface area contributed by atoms with Crippen LogP contribution in [0.25, 0.3) is 10.9 Å². The molecule has 7 nitrogen and oxygen atoms in total. The number of fused-ring (bicyclic) bond motifs is 3. The maximum Gasteiger partial charge on any atom is 0.271 e. The van der Waals surface area contributed by atoms with Crippen LogP contribution in [0.5, 0.6) is 17.2 Å². The number of rotatable bonds is 6. The number of H-pyrrole nitrogens is 1. The van der Waals surface area contributed by atoms with E-state index in [1.807, 2.05) is 18.2 Å². The van der Waals surface area contributed by atoms with Crippen molar-refractivity contribution in [2.24, 2.45) is 5.10 Å². The molecule has 1 amide bonds. The van der Waals surface area contributed by atoms with Crippen LogP contribution < -0.4 is 19.6 Å². The normalized spacial score (nSPS) is 13.3. The fourth-order valence-electron chi connectivity index (χ4n) is 3.95. The van der Waals surface area contributed by atoms with Gasteiger partial charge >= 0.3 is 0 Å². The predicted molar refractivity (Wildman–Crippen MR) is 116 cm³/mol. The standard InChI is InChI=1S/C23H25N3O4/c1-28-20-10-14(11-21(29-2)22(20)30-3)13-24-26-23(27)15-8-9-19-17(12-15)16-6-4-5-7-18(16)25-19/h8-13,25H,4-7H2,1-3H3,(H,26,27)/b24-13-. The van der Waals surface area contributed by atoms with E-state index in [4.69, 9.17) is 14.2 Å². The number of carbonyl (C=O) groups is 1. The van der Waals surface area contributed by atoms with Gasteiger partial charge in [-0.1, -0.05) is 0 Å². The van der Waals surface area contributed by atoms with Crippen LogP contribution in [0.3, 0.4) is 0 Å². The quantitative estimate of drug-likeness (QED) is 0.480. The lowest BCUT2D eigenvalue weighted by Crippen LogP contribution is -2.17. The van der Waals surface area contributed by atoms with E-state index >= 15 is 0 Å². The van der Waals surface area contributed by atoms with E-state index in [1.54, 1.807) is 39.7 Å². The van der Waals surface area contributed by atoms with Crippen molar-refractivity contribution in [2.75, 3.05) is 21.3 Å². The molecule has 1 aliphatic rings. The Bertz CT molecular complexity index is 1090. The molecule has 3 aromatic rings. The first kappa shape index (κ1) is 19.8. The summed E-state index contributed by atoms with van der Waals surface area (Å²) in [6.07, 6.45) is 6.07. The van der Waals surface area contributed by atoms with Crippen LogP contribution in [0.4, 0.5) is 0 Å². The Hall–Kier alpha value is -3.48. The highest BCUT2D eigenvalue weighted by molar-refractivity contribution is 5.99. The van der Waals surface area contributed by atoms with Crippen LogP contribution in [0.1, 0.15) is 40.0 Å². The molecule has 0 atom stereocenters. The molecule has 0 radical (unpaired) electrons. The van der Waals surface area contributed by atoms with E-state index in [9.17, 15) is 4.79 Å². The fourth-order valence-corrected chi connectivity index (χ4v) is 3.95. The summed E-state index contributed by atoms with van der Waals surface area (Å²) in [5.74, 6) is 1.29. The molecule has 1 aliphatic carbocycles. The molecule has 0 saturated carbocycles. The average Bonchev–Trinajstić information content (AvgIpc) is 3.16. The Morgan fingerprint density at radius 2 is 1.77 bits per heavy atom. The summed E-state index contributed by atoms with van der Waals surface area (Å²) >= 11 is 0. The van der Waals surface area contributed by atoms with Crippen molar-refractivity contribution in [3.8, 4) is 17.2 Å². The lowest BCUT2D eigenvalue weighted by Gasteiger charge is -2.12. The molecule has 0 bridgehead atoms. The molecular weight excluding hydrogens is 382 g/mol. The number of aromatic nitrogens is 1. The van der Waals surface area contributed by atoms with E-state index in [2.05, 4.69) is 15.5 Å². The van der Waals surface area contributed by atoms with Crippen LogP contribution in [-0.4, -0.2) is 38.4 Å². The van der Waals surface area contributed by atoms with Crippen LogP contribution in [-0.2, 0) is 12.8 Å². The Morgan fingerprint density at radius 1 is 1.03 bits per heavy atom. The van der Waals surface area contributed by atoms with Crippen LogP contribution in [0, 0.1) is 0 Å². The van der Waals surface area contributed by atoms with Gasteiger partial charge in [-0.25, -0.2) is 5.43 Å². The van der Waals surface area contributed by atoms with Gasteiger partial charge in [0.1, 0.15) is 0 Å². The third-order valence-electron chi connectivity index (χ3n) is 5.43. The number of aryl methyl sites for hydroxylation is 2. The molecule has 156 valence electrons. The number of carbonyl (C=O) groups excluding carboxylic acids is 1. The zero-order valence-electron chi connectivity index (χ0n) is 17.4. The van der Waals surface area contributed by atoms with Gasteiger partial charge in [-0.3, -0.25) is 4.79 Å². The van der Waals surface area contributed by atoms with E-state index < -0.39 is 0 Å². The van der Waals surface area contributed by atoms with Gasteiger partial charge in [0.2, 0.25) is 5.75 Å². The molecule has 2 N–H and O–H groups in total. The number of hydrogen-bond acceptors (Lipinski definition) is 5. The molecule has 7 heteroatoms. The molecular formula is C23H25N3O4. The second-order valence-corrected chi connectivity index (χ2v) is 7.21. The summed E-state index contributed by atoms with van der Waals surface area (Å²) in [7, 11) is 4.65. The molecule has 1 aromatic heterocycles. The van der Waals surface area contributed by atoms with Gasteiger partial charge in [0.25, 0.3) is 5.91 Å². The first-order valence-corrected chi connectivity index (χ1v) is 9.91. The monoisotopic (exact) mass is 407 g/mol. The van der Waals surface area contributed by atoms with Gasteiger partial charge in [0.15, 0.2) is 11.5 Å². The van der Waals surface area contributed by atoms with Gasteiger partial charge < -0.3 is 19.2 Å². The summed E-state index contributed by atoms with van der Waals surface area (Å²) in [4.78, 5) is 16.1. The number of nitrogens with zero attached hydrogens (tertiary/aromatic N) is 1. The first-order chi connectivity index (χ1) is 14.6. The summed E-state index contributed by atoms with van der Waals surface area (Å²) in [5, 5.41) is 5.23. The van der Waals surface area contributed by atoms with E-state index in [0.717, 1.165) is 23.7 Å². The van der Waals surface area contributed by atoms with Crippen molar-refractivity contribution in [1.29, 1.82) is 0 Å². The minimum absolute atomic E-state index is 0.258. The second-order valence-electron chi connectivity index (χ2n) is 7.21. The minimum Gasteiger partial charge on any atom is -0.493 e. The molecule has 4 rings (SSSR count). The lowest BCUT2D eigenvalue weighted by atomic mass is 9.95. The van der Waals surface area contributed by atoms with Crippen molar-refractivity contribution in [3.63, 3.8) is 0 Å². The summed E-state index contributed by atoms with van der Waals surface area (Å²) < 4.78 is 16.0. The van der Waals surface area contributed by atoms with Gasteiger partial charge in [-0.2, -0.15) is 5.10 Å². The van der Waals surface area contributed by atoms with Gasteiger partial charge in [0.05, 0.1) is 27.5 Å². The number of hydrazone groups is 1. The highest BCUT2D eigenvalue weighted by Gasteiger charge is 2.17. The van der Waals surface area contributed by atoms with E-state index in [-0.39, 0.29) is 5.91 Å². The Balaban J connectivity index is 1.53. The van der Waals surface area contributed by atoms with Gasteiger partial charge in [0, 0.05) is 27.7 Å². The Labute approximate surface area is 175 Å². The highest BCUT2D eigenvalue weighted by Crippen LogP contribution is 2.37. The van der Waals surface area contributed by atoms with Crippen molar-refractivity contribution in [1.82, 2.24) is 10.4 Å². The minimum atomic E-state index is -0.258. The molecule has 1 heterocycles. The average molecular weight is 407 g/mol. The van der Waals surface area contributed by atoms with Crippen molar-refractivity contribution < 1.29 is 19.0 Å². The number of benzene rings is 2. The number of hydrogen-bond donors (Lipinski definition) is 2. The van der Waals surface area contributed by atoms with Crippen molar-refractivity contribution >= 4 is 23.0 Å². The third-order valence-corrected chi connectivity index (χ3v) is 5.43. The fraction of sp³-hybridized carbons (Fsp3) is 0.304. The van der Waals surface area contributed by atoms with Crippen LogP contribution in [0.2, 0.25) is 0 Å². The SMILES string of the molecule is COc1cc(/C=N\NC(=O)c2ccc3[nH]c4c(c3c2)CCCC4)cc(OC)c1OC. The second kappa shape index (κ2) is 8.49.